The lowest BCUT2D eigenvalue weighted by Crippen LogP contribution is -2.24. The minimum absolute atomic E-state index is 0.639. The molecule has 1 aromatic heterocycles. The van der Waals surface area contributed by atoms with Crippen LogP contribution in [0.25, 0.3) is 0 Å². The van der Waals surface area contributed by atoms with Crippen molar-refractivity contribution in [3.63, 3.8) is 0 Å². The molecule has 0 radical (unpaired) electrons. The summed E-state index contributed by atoms with van der Waals surface area (Å²) in [6.07, 6.45) is 0. The summed E-state index contributed by atoms with van der Waals surface area (Å²) in [5, 5.41) is 0. The SMILES string of the molecule is NC(=O)C(=O)n1ss1. The van der Waals surface area contributed by atoms with Gasteiger partial charge in [0.25, 0.3) is 0 Å². The number of carbonyl (C=O) groups excluding carboxylic acids is 2. The molecule has 0 fully saturated rings. The molecule has 2 N–H and O–H groups in total. The van der Waals surface area contributed by atoms with Crippen molar-refractivity contribution in [2.45, 2.75) is 0 Å². The van der Waals surface area contributed by atoms with Gasteiger partial charge in [-0.15, -0.1) is 0 Å². The van der Waals surface area contributed by atoms with Gasteiger partial charge in [0.1, 0.15) is 0 Å². The van der Waals surface area contributed by atoms with Crippen LogP contribution in [-0.4, -0.2) is 15.2 Å². The summed E-state index contributed by atoms with van der Waals surface area (Å²) < 4.78 is 1.21. The van der Waals surface area contributed by atoms with Crippen molar-refractivity contribution in [1.82, 2.24) is 3.35 Å². The van der Waals surface area contributed by atoms with Gasteiger partial charge >= 0.3 is 11.8 Å². The molecule has 1 aromatic rings. The van der Waals surface area contributed by atoms with Gasteiger partial charge in [-0.2, -0.15) is 3.35 Å². The highest BCUT2D eigenvalue weighted by Gasteiger charge is 2.15. The second-order valence-corrected chi connectivity index (χ2v) is 3.23. The highest BCUT2D eigenvalue weighted by molar-refractivity contribution is 7.77. The molecule has 0 unspecified atom stereocenters. The number of nitrogens with zero attached hydrogens (tertiary/aromatic N) is 1. The van der Waals surface area contributed by atoms with Crippen LogP contribution < -0.4 is 5.73 Å². The summed E-state index contributed by atoms with van der Waals surface area (Å²) in [6, 6.07) is 0. The predicted molar refractivity (Wildman–Crippen MR) is 30.0 cm³/mol. The van der Waals surface area contributed by atoms with Crippen LogP contribution in [0, 0.1) is 0 Å². The lowest BCUT2D eigenvalue weighted by Gasteiger charge is -1.79. The first kappa shape index (κ1) is 5.52. The van der Waals surface area contributed by atoms with Crippen LogP contribution in [-0.2, 0) is 4.79 Å². The number of carbonyl (C=O) groups is 2. The number of hydrogen-bond donors (Lipinski definition) is 1. The molecule has 0 saturated heterocycles. The smallest absolute Gasteiger partial charge is 0.339 e. The third kappa shape index (κ3) is 0.958. The molecule has 0 aromatic carbocycles. The zero-order valence-electron chi connectivity index (χ0n) is 3.66. The molecule has 0 aliphatic rings. The fourth-order valence-electron chi connectivity index (χ4n) is 0.174. The summed E-state index contributed by atoms with van der Waals surface area (Å²) >= 11 is 0. The van der Waals surface area contributed by atoms with Gasteiger partial charge in [0.15, 0.2) is 0 Å². The van der Waals surface area contributed by atoms with Gasteiger partial charge in [0.05, 0.1) is 0 Å². The Balaban J connectivity index is 2.64. The van der Waals surface area contributed by atoms with Crippen LogP contribution in [0.5, 0.6) is 0 Å². The van der Waals surface area contributed by atoms with Gasteiger partial charge < -0.3 is 5.73 Å². The van der Waals surface area contributed by atoms with Crippen molar-refractivity contribution in [1.29, 1.82) is 0 Å². The number of amides is 1. The van der Waals surface area contributed by atoms with E-state index in [1.165, 1.54) is 24.4 Å². The van der Waals surface area contributed by atoms with Crippen molar-refractivity contribution in [3.05, 3.63) is 0 Å². The molecule has 44 valence electrons. The van der Waals surface area contributed by atoms with Gasteiger partial charge in [-0.1, -0.05) is 0 Å². The molecule has 8 heavy (non-hydrogen) atoms. The van der Waals surface area contributed by atoms with Gasteiger partial charge in [0, 0.05) is 21.1 Å². The first-order chi connectivity index (χ1) is 3.72. The average molecular weight is 150 g/mol. The zero-order valence-corrected chi connectivity index (χ0v) is 5.29. The maximum atomic E-state index is 10.3. The van der Waals surface area contributed by atoms with Crippen LogP contribution in [0.15, 0.2) is 0 Å². The Bertz CT molecular complexity index is 198. The predicted octanol–water partition coefficient (Wildman–Crippen LogP) is -0.263. The minimum Gasteiger partial charge on any atom is -0.361 e. The number of aromatic nitrogens is 1. The van der Waals surface area contributed by atoms with Crippen LogP contribution in [0.1, 0.15) is 4.79 Å². The number of rotatable bonds is 0. The molecule has 6 heteroatoms. The molecule has 1 amide bonds. The first-order valence-corrected chi connectivity index (χ1v) is 3.77. The molecular formula is C2H2N2O2S2. The molecule has 0 atom stereocenters. The van der Waals surface area contributed by atoms with Gasteiger partial charge in [-0.05, 0) is 0 Å². The van der Waals surface area contributed by atoms with Crippen molar-refractivity contribution < 1.29 is 9.59 Å². The van der Waals surface area contributed by atoms with Crippen molar-refractivity contribution in [2.75, 3.05) is 0 Å². The van der Waals surface area contributed by atoms with E-state index in [9.17, 15) is 9.59 Å². The number of hydrogen-bond acceptors (Lipinski definition) is 4. The average Bonchev–Trinajstić information content (AvgIpc) is 2.43. The Kier molecular flexibility index (Phi) is 1.18. The largest absolute Gasteiger partial charge is 0.361 e. The van der Waals surface area contributed by atoms with Crippen LogP contribution in [0.4, 0.5) is 0 Å². The van der Waals surface area contributed by atoms with Crippen LogP contribution in [0.2, 0.25) is 0 Å². The van der Waals surface area contributed by atoms with Crippen LogP contribution in [0.3, 0.4) is 0 Å². The Morgan fingerprint density at radius 2 is 1.88 bits per heavy atom. The van der Waals surface area contributed by atoms with Crippen molar-refractivity contribution in [3.8, 4) is 0 Å². The van der Waals surface area contributed by atoms with Crippen LogP contribution >= 0.6 is 21.1 Å². The summed E-state index contributed by atoms with van der Waals surface area (Å²) in [4.78, 5) is 20.3. The van der Waals surface area contributed by atoms with E-state index in [1.807, 2.05) is 0 Å². The molecule has 1 heterocycles. The Hall–Kier alpha value is -0.620. The summed E-state index contributed by atoms with van der Waals surface area (Å²) in [6.45, 7) is 0. The third-order valence-electron chi connectivity index (χ3n) is 0.526. The monoisotopic (exact) mass is 150 g/mol. The Morgan fingerprint density at radius 3 is 2.00 bits per heavy atom. The normalized spacial score (nSPS) is 9.50. The molecule has 0 aliphatic carbocycles. The lowest BCUT2D eigenvalue weighted by molar-refractivity contribution is -0.114. The first-order valence-electron chi connectivity index (χ1n) is 1.70. The fraction of sp³-hybridized carbons (Fsp3) is 0. The van der Waals surface area contributed by atoms with Gasteiger partial charge in [0.2, 0.25) is 0 Å². The highest BCUT2D eigenvalue weighted by Crippen LogP contribution is 2.15. The van der Waals surface area contributed by atoms with Gasteiger partial charge in [-0.3, -0.25) is 9.59 Å². The third-order valence-corrected chi connectivity index (χ3v) is 2.05. The summed E-state index contributed by atoms with van der Waals surface area (Å²) in [7, 11) is 2.41. The molecular weight excluding hydrogens is 148 g/mol. The van der Waals surface area contributed by atoms with Crippen molar-refractivity contribution in [2.24, 2.45) is 5.73 Å². The minimum atomic E-state index is -0.900. The van der Waals surface area contributed by atoms with E-state index in [2.05, 4.69) is 5.73 Å². The second kappa shape index (κ2) is 1.71. The quantitative estimate of drug-likeness (QED) is 0.409. The van der Waals surface area contributed by atoms with E-state index in [0.717, 1.165) is 0 Å². The standard InChI is InChI=1S/C2H2N2O2S2/c3-1(5)2(6)4-7-8-4/h(H2,3,5). The highest BCUT2D eigenvalue weighted by atomic mass is 33.0. The lowest BCUT2D eigenvalue weighted by atomic mass is 10.6. The molecule has 0 bridgehead atoms. The molecule has 4 nitrogen and oxygen atoms in total. The fourth-order valence-corrected chi connectivity index (χ4v) is 1.03. The van der Waals surface area contributed by atoms with E-state index in [1.54, 1.807) is 0 Å². The molecule has 1 rings (SSSR count). The maximum absolute atomic E-state index is 10.3. The maximum Gasteiger partial charge on any atom is 0.339 e. The number of primary amides is 1. The van der Waals surface area contributed by atoms with Gasteiger partial charge in [-0.25, -0.2) is 0 Å². The van der Waals surface area contributed by atoms with E-state index in [4.69, 9.17) is 0 Å². The zero-order chi connectivity index (χ0) is 6.15. The second-order valence-electron chi connectivity index (χ2n) is 1.08. The van der Waals surface area contributed by atoms with E-state index in [-0.39, 0.29) is 0 Å². The Morgan fingerprint density at radius 1 is 1.38 bits per heavy atom. The number of nitrogens with two attached hydrogens (primary N) is 1. The molecule has 0 saturated carbocycles. The Labute approximate surface area is 52.2 Å². The van der Waals surface area contributed by atoms with E-state index in [0.29, 0.717) is 0 Å². The molecule has 0 spiro atoms. The summed E-state index contributed by atoms with van der Waals surface area (Å²) in [5.41, 5.74) is 4.62. The molecule has 0 aliphatic heterocycles. The van der Waals surface area contributed by atoms with E-state index < -0.39 is 11.8 Å². The topological polar surface area (TPSA) is 65.1 Å². The van der Waals surface area contributed by atoms with Crippen molar-refractivity contribution >= 4 is 32.9 Å². The van der Waals surface area contributed by atoms with E-state index >= 15 is 0 Å². The summed E-state index contributed by atoms with van der Waals surface area (Å²) in [5.74, 6) is -1.54.